The second-order valence-corrected chi connectivity index (χ2v) is 6.87. The first kappa shape index (κ1) is 16.4. The number of allylic oxidation sites excluding steroid dienone is 1. The van der Waals surface area contributed by atoms with Crippen molar-refractivity contribution in [2.45, 2.75) is 43.4 Å². The van der Waals surface area contributed by atoms with Gasteiger partial charge in [-0.05, 0) is 56.4 Å². The lowest BCUT2D eigenvalue weighted by molar-refractivity contribution is -0.120. The number of thioether (sulfide) groups is 1. The number of hydrogen-bond donors (Lipinski definition) is 1. The first-order valence-electron chi connectivity index (χ1n) is 7.57. The molecule has 1 amide bonds. The van der Waals surface area contributed by atoms with Crippen molar-refractivity contribution in [3.63, 3.8) is 0 Å². The SMILES string of the molecule is O=C(CCSc1ccc(Cl)cc1)NCCC1=CCCCC1. The molecular weight excluding hydrogens is 302 g/mol. The summed E-state index contributed by atoms with van der Waals surface area (Å²) in [5.74, 6) is 0.948. The summed E-state index contributed by atoms with van der Waals surface area (Å²) in [6.45, 7) is 0.774. The van der Waals surface area contributed by atoms with E-state index in [9.17, 15) is 4.79 Å². The molecule has 114 valence electrons. The van der Waals surface area contributed by atoms with Gasteiger partial charge in [0.15, 0.2) is 0 Å². The van der Waals surface area contributed by atoms with Crippen LogP contribution < -0.4 is 5.32 Å². The van der Waals surface area contributed by atoms with E-state index in [2.05, 4.69) is 11.4 Å². The number of carbonyl (C=O) groups excluding carboxylic acids is 1. The fraction of sp³-hybridized carbons (Fsp3) is 0.471. The molecule has 1 aliphatic carbocycles. The minimum absolute atomic E-state index is 0.146. The van der Waals surface area contributed by atoms with E-state index in [1.165, 1.54) is 31.3 Å². The van der Waals surface area contributed by atoms with Gasteiger partial charge >= 0.3 is 0 Å². The highest BCUT2D eigenvalue weighted by atomic mass is 35.5. The van der Waals surface area contributed by atoms with Gasteiger partial charge in [-0.3, -0.25) is 4.79 Å². The van der Waals surface area contributed by atoms with E-state index >= 15 is 0 Å². The standard InChI is InChI=1S/C17H22ClNOS/c18-15-6-8-16(9-7-15)21-13-11-17(20)19-12-10-14-4-2-1-3-5-14/h4,6-9H,1-3,5,10-13H2,(H,19,20). The summed E-state index contributed by atoms with van der Waals surface area (Å²) in [5.41, 5.74) is 1.51. The summed E-state index contributed by atoms with van der Waals surface area (Å²) in [7, 11) is 0. The number of hydrogen-bond acceptors (Lipinski definition) is 2. The monoisotopic (exact) mass is 323 g/mol. The molecule has 1 aromatic rings. The lowest BCUT2D eigenvalue weighted by Gasteiger charge is -2.12. The molecule has 0 saturated heterocycles. The van der Waals surface area contributed by atoms with Crippen LogP contribution in [-0.2, 0) is 4.79 Å². The van der Waals surface area contributed by atoms with Gasteiger partial charge in [-0.1, -0.05) is 23.3 Å². The maximum Gasteiger partial charge on any atom is 0.220 e. The Labute approximate surface area is 136 Å². The zero-order valence-corrected chi connectivity index (χ0v) is 13.8. The van der Waals surface area contributed by atoms with Crippen LogP contribution in [0.2, 0.25) is 5.02 Å². The third kappa shape index (κ3) is 6.58. The van der Waals surface area contributed by atoms with Gasteiger partial charge in [-0.2, -0.15) is 0 Å². The second kappa shape index (κ2) is 9.16. The minimum atomic E-state index is 0.146. The normalized spacial score (nSPS) is 14.6. The highest BCUT2D eigenvalue weighted by Crippen LogP contribution is 2.21. The van der Waals surface area contributed by atoms with Crippen molar-refractivity contribution < 1.29 is 4.79 Å². The van der Waals surface area contributed by atoms with Crippen molar-refractivity contribution in [2.75, 3.05) is 12.3 Å². The van der Waals surface area contributed by atoms with E-state index < -0.39 is 0 Å². The Morgan fingerprint density at radius 1 is 1.24 bits per heavy atom. The van der Waals surface area contributed by atoms with Crippen molar-refractivity contribution in [3.05, 3.63) is 40.9 Å². The summed E-state index contributed by atoms with van der Waals surface area (Å²) in [4.78, 5) is 12.9. The molecule has 1 aromatic carbocycles. The second-order valence-electron chi connectivity index (χ2n) is 5.26. The predicted molar refractivity (Wildman–Crippen MR) is 91.0 cm³/mol. The van der Waals surface area contributed by atoms with Gasteiger partial charge in [-0.15, -0.1) is 11.8 Å². The van der Waals surface area contributed by atoms with Gasteiger partial charge in [0.25, 0.3) is 0 Å². The van der Waals surface area contributed by atoms with E-state index in [0.717, 1.165) is 28.6 Å². The number of nitrogens with one attached hydrogen (secondary N) is 1. The van der Waals surface area contributed by atoms with Crippen LogP contribution in [0.15, 0.2) is 40.8 Å². The van der Waals surface area contributed by atoms with Crippen molar-refractivity contribution in [3.8, 4) is 0 Å². The fourth-order valence-electron chi connectivity index (χ4n) is 2.37. The Balaban J connectivity index is 1.57. The fourth-order valence-corrected chi connectivity index (χ4v) is 3.35. The van der Waals surface area contributed by atoms with Crippen molar-refractivity contribution in [1.29, 1.82) is 0 Å². The maximum absolute atomic E-state index is 11.8. The molecule has 0 fully saturated rings. The lowest BCUT2D eigenvalue weighted by atomic mass is 9.97. The predicted octanol–water partition coefficient (Wildman–Crippen LogP) is 4.83. The largest absolute Gasteiger partial charge is 0.356 e. The number of rotatable bonds is 7. The molecule has 21 heavy (non-hydrogen) atoms. The number of halogens is 1. The van der Waals surface area contributed by atoms with Gasteiger partial charge in [0.2, 0.25) is 5.91 Å². The third-order valence-electron chi connectivity index (χ3n) is 3.56. The molecule has 1 aliphatic rings. The van der Waals surface area contributed by atoms with Crippen molar-refractivity contribution in [1.82, 2.24) is 5.32 Å². The Morgan fingerprint density at radius 3 is 2.76 bits per heavy atom. The molecule has 1 N–H and O–H groups in total. The van der Waals surface area contributed by atoms with E-state index in [0.29, 0.717) is 6.42 Å². The van der Waals surface area contributed by atoms with Crippen LogP contribution >= 0.6 is 23.4 Å². The summed E-state index contributed by atoms with van der Waals surface area (Å²) < 4.78 is 0. The third-order valence-corrected chi connectivity index (χ3v) is 4.83. The van der Waals surface area contributed by atoms with Gasteiger partial charge in [0, 0.05) is 28.6 Å². The topological polar surface area (TPSA) is 29.1 Å². The Bertz CT molecular complexity index is 484. The summed E-state index contributed by atoms with van der Waals surface area (Å²) in [5, 5.41) is 3.76. The van der Waals surface area contributed by atoms with Crippen LogP contribution in [0.5, 0.6) is 0 Å². The summed E-state index contributed by atoms with van der Waals surface area (Å²) >= 11 is 7.53. The van der Waals surface area contributed by atoms with Crippen molar-refractivity contribution in [2.24, 2.45) is 0 Å². The molecule has 0 aromatic heterocycles. The molecule has 0 atom stereocenters. The zero-order chi connectivity index (χ0) is 14.9. The number of amides is 1. The molecule has 0 unspecified atom stereocenters. The van der Waals surface area contributed by atoms with Crippen LogP contribution in [0.4, 0.5) is 0 Å². The molecule has 0 saturated carbocycles. The van der Waals surface area contributed by atoms with Crippen LogP contribution in [0, 0.1) is 0 Å². The lowest BCUT2D eigenvalue weighted by Crippen LogP contribution is -2.25. The molecule has 0 heterocycles. The van der Waals surface area contributed by atoms with E-state index in [1.807, 2.05) is 24.3 Å². The molecule has 0 bridgehead atoms. The first-order chi connectivity index (χ1) is 10.2. The van der Waals surface area contributed by atoms with Crippen LogP contribution in [-0.4, -0.2) is 18.2 Å². The first-order valence-corrected chi connectivity index (χ1v) is 8.93. The Hall–Kier alpha value is -0.930. The van der Waals surface area contributed by atoms with Crippen LogP contribution in [0.3, 0.4) is 0 Å². The zero-order valence-electron chi connectivity index (χ0n) is 12.2. The molecule has 2 nitrogen and oxygen atoms in total. The average molecular weight is 324 g/mol. The minimum Gasteiger partial charge on any atom is -0.356 e. The number of carbonyl (C=O) groups is 1. The average Bonchev–Trinajstić information content (AvgIpc) is 2.50. The molecule has 4 heteroatoms. The molecule has 2 rings (SSSR count). The smallest absolute Gasteiger partial charge is 0.220 e. The van der Waals surface area contributed by atoms with Crippen molar-refractivity contribution >= 4 is 29.3 Å². The van der Waals surface area contributed by atoms with E-state index in [1.54, 1.807) is 11.8 Å². The van der Waals surface area contributed by atoms with Gasteiger partial charge < -0.3 is 5.32 Å². The highest BCUT2D eigenvalue weighted by Gasteiger charge is 2.05. The van der Waals surface area contributed by atoms with Gasteiger partial charge in [-0.25, -0.2) is 0 Å². The van der Waals surface area contributed by atoms with Gasteiger partial charge in [0.1, 0.15) is 0 Å². The Kier molecular flexibility index (Phi) is 7.17. The van der Waals surface area contributed by atoms with Gasteiger partial charge in [0.05, 0.1) is 0 Å². The highest BCUT2D eigenvalue weighted by molar-refractivity contribution is 7.99. The quantitative estimate of drug-likeness (QED) is 0.575. The summed E-state index contributed by atoms with van der Waals surface area (Å²) in [6, 6.07) is 7.73. The number of benzene rings is 1. The van der Waals surface area contributed by atoms with Crippen LogP contribution in [0.25, 0.3) is 0 Å². The molecule has 0 spiro atoms. The molecule has 0 radical (unpaired) electrons. The van der Waals surface area contributed by atoms with Crippen LogP contribution in [0.1, 0.15) is 38.5 Å². The maximum atomic E-state index is 11.8. The van der Waals surface area contributed by atoms with E-state index in [4.69, 9.17) is 11.6 Å². The van der Waals surface area contributed by atoms with E-state index in [-0.39, 0.29) is 5.91 Å². The Morgan fingerprint density at radius 2 is 2.05 bits per heavy atom. The molecular formula is C17H22ClNOS. The molecule has 0 aliphatic heterocycles. The summed E-state index contributed by atoms with van der Waals surface area (Å²) in [6.07, 6.45) is 8.95.